The van der Waals surface area contributed by atoms with Crippen molar-refractivity contribution in [3.63, 3.8) is 0 Å². The number of anilines is 2. The van der Waals surface area contributed by atoms with Gasteiger partial charge in [-0.05, 0) is 67.9 Å². The molecule has 3 heterocycles. The summed E-state index contributed by atoms with van der Waals surface area (Å²) >= 11 is 1.57. The van der Waals surface area contributed by atoms with E-state index in [1.807, 2.05) is 54.4 Å². The first-order chi connectivity index (χ1) is 17.5. The molecule has 7 nitrogen and oxygen atoms in total. The van der Waals surface area contributed by atoms with Crippen LogP contribution >= 0.6 is 11.3 Å². The van der Waals surface area contributed by atoms with Crippen molar-refractivity contribution in [3.8, 4) is 22.5 Å². The zero-order valence-corrected chi connectivity index (χ0v) is 24.4. The molecule has 0 spiro atoms. The molecule has 1 N–H and O–H groups in total. The van der Waals surface area contributed by atoms with E-state index in [2.05, 4.69) is 56.3 Å². The molecule has 0 radical (unpaired) electrons. The zero-order valence-electron chi connectivity index (χ0n) is 22.6. The molecule has 0 amide bonds. The van der Waals surface area contributed by atoms with Gasteiger partial charge in [0.25, 0.3) is 0 Å². The van der Waals surface area contributed by atoms with E-state index in [1.54, 1.807) is 17.5 Å². The number of aromatic nitrogens is 4. The number of nitrogens with zero attached hydrogens (tertiary/aromatic N) is 5. The van der Waals surface area contributed by atoms with Crippen LogP contribution in [0.25, 0.3) is 16.4 Å². The molecule has 0 saturated carbocycles. The van der Waals surface area contributed by atoms with E-state index in [1.165, 1.54) is 0 Å². The fraction of sp³-hybridized carbons (Fsp3) is 0.357. The molecule has 0 bridgehead atoms. The van der Waals surface area contributed by atoms with Crippen molar-refractivity contribution >= 4 is 31.2 Å². The number of benzene rings is 1. The van der Waals surface area contributed by atoms with Crippen LogP contribution in [0.1, 0.15) is 43.2 Å². The molecule has 37 heavy (non-hydrogen) atoms. The van der Waals surface area contributed by atoms with Gasteiger partial charge in [0.15, 0.2) is 8.32 Å². The first-order valence-electron chi connectivity index (χ1n) is 12.4. The highest BCUT2D eigenvalue weighted by Gasteiger charge is 2.37. The Morgan fingerprint density at radius 1 is 1.16 bits per heavy atom. The Bertz CT molecular complexity index is 1430. The molecule has 9 heteroatoms. The number of rotatable bonds is 8. The van der Waals surface area contributed by atoms with Gasteiger partial charge in [-0.3, -0.25) is 0 Å². The summed E-state index contributed by atoms with van der Waals surface area (Å²) in [6.07, 6.45) is 4.45. The fourth-order valence-electron chi connectivity index (χ4n) is 3.78. The molecular weight excluding hydrogens is 497 g/mol. The molecule has 0 unspecified atom stereocenters. The van der Waals surface area contributed by atoms with Crippen LogP contribution in [0.3, 0.4) is 0 Å². The fourth-order valence-corrected chi connectivity index (χ4v) is 5.43. The van der Waals surface area contributed by atoms with Gasteiger partial charge in [-0.1, -0.05) is 20.8 Å². The molecule has 0 aliphatic carbocycles. The Labute approximate surface area is 224 Å². The summed E-state index contributed by atoms with van der Waals surface area (Å²) in [4.78, 5) is 9.30. The van der Waals surface area contributed by atoms with Gasteiger partial charge in [-0.15, -0.1) is 11.3 Å². The van der Waals surface area contributed by atoms with Gasteiger partial charge in [0.2, 0.25) is 0 Å². The predicted octanol–water partition coefficient (Wildman–Crippen LogP) is 7.19. The summed E-state index contributed by atoms with van der Waals surface area (Å²) < 4.78 is 8.46. The highest BCUT2D eigenvalue weighted by molar-refractivity contribution is 7.13. The lowest BCUT2D eigenvalue weighted by molar-refractivity contribution is 0.292. The number of hydrogen-bond acceptors (Lipinski definition) is 7. The van der Waals surface area contributed by atoms with E-state index in [9.17, 15) is 5.26 Å². The van der Waals surface area contributed by atoms with Crippen LogP contribution in [0, 0.1) is 25.2 Å². The molecule has 0 atom stereocenters. The Morgan fingerprint density at radius 3 is 2.59 bits per heavy atom. The normalized spacial score (nSPS) is 11.9. The Kier molecular flexibility index (Phi) is 7.64. The molecular formula is C28H34N6OSSi. The van der Waals surface area contributed by atoms with Crippen LogP contribution < -0.4 is 5.32 Å². The van der Waals surface area contributed by atoms with Crippen molar-refractivity contribution in [3.05, 3.63) is 70.5 Å². The number of nitriles is 1. The van der Waals surface area contributed by atoms with Crippen molar-refractivity contribution in [1.29, 1.82) is 5.26 Å². The molecule has 4 rings (SSSR count). The zero-order chi connectivity index (χ0) is 26.8. The van der Waals surface area contributed by atoms with E-state index >= 15 is 0 Å². The molecule has 1 aromatic carbocycles. The summed E-state index contributed by atoms with van der Waals surface area (Å²) in [5, 5.41) is 20.6. The van der Waals surface area contributed by atoms with E-state index in [0.717, 1.165) is 44.7 Å². The minimum atomic E-state index is -1.91. The number of thiazole rings is 1. The largest absolute Gasteiger partial charge is 0.416 e. The van der Waals surface area contributed by atoms with Gasteiger partial charge in [0.1, 0.15) is 16.5 Å². The molecule has 3 aromatic heterocycles. The van der Waals surface area contributed by atoms with Gasteiger partial charge < -0.3 is 9.74 Å². The smallest absolute Gasteiger partial charge is 0.191 e. The molecule has 192 valence electrons. The van der Waals surface area contributed by atoms with E-state index in [-0.39, 0.29) is 5.04 Å². The first kappa shape index (κ1) is 26.7. The van der Waals surface area contributed by atoms with Crippen molar-refractivity contribution in [1.82, 2.24) is 19.7 Å². The third-order valence-electron chi connectivity index (χ3n) is 6.95. The lowest BCUT2D eigenvalue weighted by Crippen LogP contribution is -2.41. The molecule has 0 aliphatic heterocycles. The van der Waals surface area contributed by atoms with Crippen LogP contribution in [-0.4, -0.2) is 34.7 Å². The average molecular weight is 531 g/mol. The highest BCUT2D eigenvalue weighted by Crippen LogP contribution is 2.37. The van der Waals surface area contributed by atoms with Crippen molar-refractivity contribution < 1.29 is 4.43 Å². The SMILES string of the molecule is Cc1cc(-n2ccc(-c3nccs3)n2)c(CCO[Si](C)(C)C(C)(C)C)c(Nc2ccc(C#N)cc2C)n1. The maximum atomic E-state index is 9.27. The second kappa shape index (κ2) is 10.6. The van der Waals surface area contributed by atoms with Crippen LogP contribution in [-0.2, 0) is 10.8 Å². The minimum Gasteiger partial charge on any atom is -0.416 e. The number of aryl methyl sites for hydroxylation is 2. The van der Waals surface area contributed by atoms with E-state index in [4.69, 9.17) is 14.5 Å². The standard InChI is InChI=1S/C28H34N6OSSi/c1-19-16-21(18-29)8-9-23(19)32-26-22(11-14-35-37(6,7)28(3,4)5)25(17-20(2)31-26)34-13-10-24(33-34)27-30-12-15-36-27/h8-10,12-13,15-17H,11,14H2,1-7H3,(H,31,32). The van der Waals surface area contributed by atoms with E-state index < -0.39 is 8.32 Å². The topological polar surface area (TPSA) is 88.6 Å². The van der Waals surface area contributed by atoms with Crippen LogP contribution in [0.4, 0.5) is 11.5 Å². The molecule has 0 saturated heterocycles. The van der Waals surface area contributed by atoms with Crippen molar-refractivity contribution in [2.45, 2.75) is 59.2 Å². The Hall–Kier alpha value is -3.32. The van der Waals surface area contributed by atoms with Gasteiger partial charge in [0, 0.05) is 47.7 Å². The number of nitrogens with one attached hydrogen (secondary N) is 1. The summed E-state index contributed by atoms with van der Waals surface area (Å²) in [5.74, 6) is 0.771. The molecule has 0 aliphatic rings. The average Bonchev–Trinajstić information content (AvgIpc) is 3.52. The van der Waals surface area contributed by atoms with Gasteiger partial charge in [-0.2, -0.15) is 10.4 Å². The first-order valence-corrected chi connectivity index (χ1v) is 16.2. The second-order valence-corrected chi connectivity index (χ2v) is 16.4. The highest BCUT2D eigenvalue weighted by atomic mass is 32.1. The molecule has 4 aromatic rings. The van der Waals surface area contributed by atoms with Crippen molar-refractivity contribution in [2.24, 2.45) is 0 Å². The van der Waals surface area contributed by atoms with Gasteiger partial charge >= 0.3 is 0 Å². The van der Waals surface area contributed by atoms with Crippen LogP contribution in [0.15, 0.2) is 48.1 Å². The monoisotopic (exact) mass is 530 g/mol. The summed E-state index contributed by atoms with van der Waals surface area (Å²) in [6.45, 7) is 15.9. The van der Waals surface area contributed by atoms with Crippen molar-refractivity contribution in [2.75, 3.05) is 11.9 Å². The lowest BCUT2D eigenvalue weighted by Gasteiger charge is -2.36. The molecule has 0 fully saturated rings. The quantitative estimate of drug-likeness (QED) is 0.243. The third-order valence-corrected chi connectivity index (χ3v) is 12.3. The number of hydrogen-bond donors (Lipinski definition) is 1. The Morgan fingerprint density at radius 2 is 1.95 bits per heavy atom. The van der Waals surface area contributed by atoms with Crippen LogP contribution in [0.5, 0.6) is 0 Å². The van der Waals surface area contributed by atoms with E-state index in [0.29, 0.717) is 18.6 Å². The summed E-state index contributed by atoms with van der Waals surface area (Å²) in [5.41, 5.74) is 6.24. The summed E-state index contributed by atoms with van der Waals surface area (Å²) in [7, 11) is -1.91. The van der Waals surface area contributed by atoms with Gasteiger partial charge in [0.05, 0.1) is 17.3 Å². The minimum absolute atomic E-state index is 0.132. The van der Waals surface area contributed by atoms with Gasteiger partial charge in [-0.25, -0.2) is 14.6 Å². The maximum absolute atomic E-state index is 9.27. The third kappa shape index (κ3) is 5.99. The lowest BCUT2D eigenvalue weighted by atomic mass is 10.1. The Balaban J connectivity index is 1.74. The second-order valence-electron chi connectivity index (χ2n) is 10.7. The predicted molar refractivity (Wildman–Crippen MR) is 153 cm³/mol. The summed E-state index contributed by atoms with van der Waals surface area (Å²) in [6, 6.07) is 11.9. The maximum Gasteiger partial charge on any atom is 0.191 e. The number of pyridine rings is 1. The van der Waals surface area contributed by atoms with Crippen LogP contribution in [0.2, 0.25) is 18.1 Å².